The standard InChI is InChI=1S/C15H18ClN3O2/c1-2-19-10-11(16)9-14(19)15(20)18-12-3-5-13(6-4-12)21-8-7-17/h3-6,9-10H,2,7-8,17H2,1H3,(H,18,20). The molecule has 2 aromatic rings. The first kappa shape index (κ1) is 15.4. The third kappa shape index (κ3) is 4.00. The van der Waals surface area contributed by atoms with Crippen LogP contribution in [0.4, 0.5) is 5.69 Å². The number of aryl methyl sites for hydroxylation is 1. The predicted octanol–water partition coefficient (Wildman–Crippen LogP) is 2.75. The largest absolute Gasteiger partial charge is 0.492 e. The highest BCUT2D eigenvalue weighted by molar-refractivity contribution is 6.31. The number of carbonyl (C=O) groups is 1. The summed E-state index contributed by atoms with van der Waals surface area (Å²) in [7, 11) is 0. The lowest BCUT2D eigenvalue weighted by Crippen LogP contribution is -2.16. The maximum Gasteiger partial charge on any atom is 0.272 e. The zero-order chi connectivity index (χ0) is 15.2. The summed E-state index contributed by atoms with van der Waals surface area (Å²) in [5.74, 6) is 0.526. The van der Waals surface area contributed by atoms with Gasteiger partial charge >= 0.3 is 0 Å². The first-order valence-electron chi connectivity index (χ1n) is 6.74. The van der Waals surface area contributed by atoms with Crippen molar-refractivity contribution in [2.24, 2.45) is 5.73 Å². The summed E-state index contributed by atoms with van der Waals surface area (Å²) in [6.45, 7) is 3.57. The zero-order valence-corrected chi connectivity index (χ0v) is 12.6. The SMILES string of the molecule is CCn1cc(Cl)cc1C(=O)Nc1ccc(OCCN)cc1. The molecule has 5 nitrogen and oxygen atoms in total. The highest BCUT2D eigenvalue weighted by Crippen LogP contribution is 2.18. The van der Waals surface area contributed by atoms with Crippen LogP contribution in [0.1, 0.15) is 17.4 Å². The summed E-state index contributed by atoms with van der Waals surface area (Å²) in [6.07, 6.45) is 1.74. The molecule has 0 saturated heterocycles. The lowest BCUT2D eigenvalue weighted by atomic mass is 10.3. The Hall–Kier alpha value is -1.98. The summed E-state index contributed by atoms with van der Waals surface area (Å²) >= 11 is 5.93. The van der Waals surface area contributed by atoms with Crippen LogP contribution < -0.4 is 15.8 Å². The highest BCUT2D eigenvalue weighted by atomic mass is 35.5. The van der Waals surface area contributed by atoms with Crippen LogP contribution in [-0.2, 0) is 6.54 Å². The normalized spacial score (nSPS) is 10.4. The van der Waals surface area contributed by atoms with E-state index in [1.54, 1.807) is 41.1 Å². The fourth-order valence-corrected chi connectivity index (χ4v) is 2.15. The molecule has 3 N–H and O–H groups in total. The average Bonchev–Trinajstić information content (AvgIpc) is 2.88. The third-order valence-electron chi connectivity index (χ3n) is 2.94. The van der Waals surface area contributed by atoms with Gasteiger partial charge < -0.3 is 20.4 Å². The molecule has 1 aromatic heterocycles. The molecule has 1 heterocycles. The van der Waals surface area contributed by atoms with E-state index in [1.165, 1.54) is 0 Å². The Morgan fingerprint density at radius 3 is 2.71 bits per heavy atom. The van der Waals surface area contributed by atoms with E-state index in [9.17, 15) is 4.79 Å². The molecule has 112 valence electrons. The molecule has 0 radical (unpaired) electrons. The Bertz CT molecular complexity index is 608. The predicted molar refractivity (Wildman–Crippen MR) is 84.1 cm³/mol. The van der Waals surface area contributed by atoms with Gasteiger partial charge in [0.25, 0.3) is 5.91 Å². The molecule has 21 heavy (non-hydrogen) atoms. The summed E-state index contributed by atoms with van der Waals surface area (Å²) in [4.78, 5) is 12.2. The molecule has 0 atom stereocenters. The molecule has 0 aliphatic carbocycles. The van der Waals surface area contributed by atoms with Crippen molar-refractivity contribution in [3.05, 3.63) is 47.2 Å². The number of rotatable bonds is 6. The van der Waals surface area contributed by atoms with Crippen molar-refractivity contribution in [3.63, 3.8) is 0 Å². The number of amides is 1. The molecule has 0 bridgehead atoms. The maximum absolute atomic E-state index is 12.2. The number of aromatic nitrogens is 1. The number of hydrogen-bond acceptors (Lipinski definition) is 3. The first-order valence-corrected chi connectivity index (χ1v) is 7.11. The van der Waals surface area contributed by atoms with Crippen LogP contribution in [0.5, 0.6) is 5.75 Å². The number of carbonyl (C=O) groups excluding carboxylic acids is 1. The summed E-state index contributed by atoms with van der Waals surface area (Å²) in [6, 6.07) is 8.79. The zero-order valence-electron chi connectivity index (χ0n) is 11.8. The van der Waals surface area contributed by atoms with Gasteiger partial charge in [-0.1, -0.05) is 11.6 Å². The fraction of sp³-hybridized carbons (Fsp3) is 0.267. The first-order chi connectivity index (χ1) is 10.1. The second-order valence-electron chi connectivity index (χ2n) is 4.45. The minimum Gasteiger partial charge on any atom is -0.492 e. The molecule has 0 aliphatic rings. The van der Waals surface area contributed by atoms with Gasteiger partial charge in [-0.2, -0.15) is 0 Å². The minimum absolute atomic E-state index is 0.195. The number of hydrogen-bond donors (Lipinski definition) is 2. The summed E-state index contributed by atoms with van der Waals surface area (Å²) < 4.78 is 7.18. The van der Waals surface area contributed by atoms with Crippen molar-refractivity contribution < 1.29 is 9.53 Å². The van der Waals surface area contributed by atoms with E-state index in [-0.39, 0.29) is 5.91 Å². The molecule has 0 fully saturated rings. The van der Waals surface area contributed by atoms with E-state index in [0.29, 0.717) is 36.1 Å². The Morgan fingerprint density at radius 2 is 2.10 bits per heavy atom. The lowest BCUT2D eigenvalue weighted by Gasteiger charge is -2.09. The van der Waals surface area contributed by atoms with Crippen molar-refractivity contribution in [2.75, 3.05) is 18.5 Å². The molecule has 0 saturated carbocycles. The van der Waals surface area contributed by atoms with E-state index in [2.05, 4.69) is 5.32 Å². The van der Waals surface area contributed by atoms with Gasteiger partial charge in [-0.25, -0.2) is 0 Å². The Kier molecular flexibility index (Phi) is 5.25. The van der Waals surface area contributed by atoms with Gasteiger partial charge in [0, 0.05) is 25.0 Å². The molecule has 0 unspecified atom stereocenters. The molecule has 1 aromatic carbocycles. The van der Waals surface area contributed by atoms with Crippen LogP contribution in [0.3, 0.4) is 0 Å². The molecule has 2 rings (SSSR count). The highest BCUT2D eigenvalue weighted by Gasteiger charge is 2.12. The van der Waals surface area contributed by atoms with Crippen molar-refractivity contribution in [1.82, 2.24) is 4.57 Å². The number of ether oxygens (including phenoxy) is 1. The van der Waals surface area contributed by atoms with Gasteiger partial charge in [0.1, 0.15) is 18.1 Å². The van der Waals surface area contributed by atoms with Gasteiger partial charge in [0.15, 0.2) is 0 Å². The van der Waals surface area contributed by atoms with Crippen LogP contribution >= 0.6 is 11.6 Å². The van der Waals surface area contributed by atoms with Crippen LogP contribution in [0, 0.1) is 0 Å². The molecule has 6 heteroatoms. The van der Waals surface area contributed by atoms with Gasteiger partial charge in [-0.3, -0.25) is 4.79 Å². The lowest BCUT2D eigenvalue weighted by molar-refractivity contribution is 0.101. The van der Waals surface area contributed by atoms with Gasteiger partial charge in [0.05, 0.1) is 5.02 Å². The Balaban J connectivity index is 2.05. The molecular weight excluding hydrogens is 290 g/mol. The summed E-state index contributed by atoms with van der Waals surface area (Å²) in [5, 5.41) is 3.38. The van der Waals surface area contributed by atoms with Crippen LogP contribution in [0.2, 0.25) is 5.02 Å². The molecule has 0 aliphatic heterocycles. The van der Waals surface area contributed by atoms with Crippen molar-refractivity contribution >= 4 is 23.2 Å². The number of anilines is 1. The Labute approximate surface area is 128 Å². The Morgan fingerprint density at radius 1 is 1.38 bits per heavy atom. The van der Waals surface area contributed by atoms with Crippen molar-refractivity contribution in [1.29, 1.82) is 0 Å². The third-order valence-corrected chi connectivity index (χ3v) is 3.14. The van der Waals surface area contributed by atoms with Gasteiger partial charge in [-0.15, -0.1) is 0 Å². The number of nitrogens with two attached hydrogens (primary N) is 1. The number of benzene rings is 1. The van der Waals surface area contributed by atoms with Crippen LogP contribution in [0.15, 0.2) is 36.5 Å². The van der Waals surface area contributed by atoms with E-state index in [0.717, 1.165) is 5.75 Å². The topological polar surface area (TPSA) is 69.3 Å². The smallest absolute Gasteiger partial charge is 0.272 e. The average molecular weight is 308 g/mol. The van der Waals surface area contributed by atoms with E-state index >= 15 is 0 Å². The number of halogens is 1. The second-order valence-corrected chi connectivity index (χ2v) is 4.88. The summed E-state index contributed by atoms with van der Waals surface area (Å²) in [5.41, 5.74) is 6.60. The number of nitrogens with zero attached hydrogens (tertiary/aromatic N) is 1. The second kappa shape index (κ2) is 7.15. The van der Waals surface area contributed by atoms with Crippen LogP contribution in [0.25, 0.3) is 0 Å². The van der Waals surface area contributed by atoms with Gasteiger partial charge in [0.2, 0.25) is 0 Å². The number of nitrogens with one attached hydrogen (secondary N) is 1. The fourth-order valence-electron chi connectivity index (χ4n) is 1.93. The minimum atomic E-state index is -0.195. The quantitative estimate of drug-likeness (QED) is 0.862. The van der Waals surface area contributed by atoms with Crippen molar-refractivity contribution in [3.8, 4) is 5.75 Å². The molecule has 1 amide bonds. The molecular formula is C15H18ClN3O2. The monoisotopic (exact) mass is 307 g/mol. The van der Waals surface area contributed by atoms with Crippen LogP contribution in [-0.4, -0.2) is 23.6 Å². The molecule has 0 spiro atoms. The van der Waals surface area contributed by atoms with E-state index in [4.69, 9.17) is 22.1 Å². The maximum atomic E-state index is 12.2. The van der Waals surface area contributed by atoms with Gasteiger partial charge in [-0.05, 0) is 37.3 Å². The van der Waals surface area contributed by atoms with E-state index in [1.807, 2.05) is 6.92 Å². The van der Waals surface area contributed by atoms with E-state index < -0.39 is 0 Å². The van der Waals surface area contributed by atoms with Crippen molar-refractivity contribution in [2.45, 2.75) is 13.5 Å².